The molecule has 0 N–H and O–H groups in total. The number of fused-ring (bicyclic) bond motifs is 4. The van der Waals surface area contributed by atoms with Crippen LogP contribution >= 0.6 is 11.3 Å². The molecule has 0 radical (unpaired) electrons. The minimum atomic E-state index is -0.184. The van der Waals surface area contributed by atoms with Gasteiger partial charge in [-0.2, -0.15) is 14.6 Å². The Morgan fingerprint density at radius 3 is 2.92 bits per heavy atom. The van der Waals surface area contributed by atoms with Crippen LogP contribution in [0.5, 0.6) is 5.75 Å². The fourth-order valence-corrected chi connectivity index (χ4v) is 3.98. The lowest BCUT2D eigenvalue weighted by molar-refractivity contribution is 0.415. The third-order valence-corrected chi connectivity index (χ3v) is 5.27. The number of hydrogen-bond acceptors (Lipinski definition) is 7. The molecule has 0 unspecified atom stereocenters. The van der Waals surface area contributed by atoms with Crippen LogP contribution in [-0.2, 0) is 0 Å². The molecule has 0 aliphatic rings. The van der Waals surface area contributed by atoms with Gasteiger partial charge < -0.3 is 4.74 Å². The fraction of sp³-hybridized carbons (Fsp3) is 0.118. The van der Waals surface area contributed by atoms with E-state index < -0.39 is 0 Å². The van der Waals surface area contributed by atoms with E-state index in [-0.39, 0.29) is 5.56 Å². The summed E-state index contributed by atoms with van der Waals surface area (Å²) in [6.45, 7) is 1.80. The molecule has 1 aromatic carbocycles. The third kappa shape index (κ3) is 2.04. The molecule has 4 heterocycles. The molecule has 5 rings (SSSR count). The number of ether oxygens (including phenoxy) is 1. The van der Waals surface area contributed by atoms with Gasteiger partial charge in [0.2, 0.25) is 0 Å². The Balaban J connectivity index is 1.79. The van der Waals surface area contributed by atoms with Gasteiger partial charge in [0.1, 0.15) is 12.1 Å². The molecule has 5 aromatic rings. The Hall–Kier alpha value is -3.33. The molecule has 0 fully saturated rings. The van der Waals surface area contributed by atoms with Crippen molar-refractivity contribution in [2.24, 2.45) is 0 Å². The van der Waals surface area contributed by atoms with Crippen LogP contribution in [0.3, 0.4) is 0 Å². The van der Waals surface area contributed by atoms with Gasteiger partial charge in [-0.25, -0.2) is 9.97 Å². The predicted molar refractivity (Wildman–Crippen MR) is 98.4 cm³/mol. The zero-order valence-electron chi connectivity index (χ0n) is 13.9. The normalized spacial score (nSPS) is 11.6. The molecular formula is C17H12N6O2S. The maximum absolute atomic E-state index is 13.1. The van der Waals surface area contributed by atoms with Crippen LogP contribution in [0.4, 0.5) is 0 Å². The van der Waals surface area contributed by atoms with E-state index in [1.165, 1.54) is 22.2 Å². The van der Waals surface area contributed by atoms with Gasteiger partial charge in [-0.1, -0.05) is 11.3 Å². The Bertz CT molecular complexity index is 1370. The summed E-state index contributed by atoms with van der Waals surface area (Å²) in [6, 6.07) is 7.48. The molecule has 8 nitrogen and oxygen atoms in total. The highest BCUT2D eigenvalue weighted by Crippen LogP contribution is 2.28. The van der Waals surface area contributed by atoms with Gasteiger partial charge in [0, 0.05) is 6.20 Å². The molecule has 26 heavy (non-hydrogen) atoms. The molecule has 4 aromatic heterocycles. The lowest BCUT2D eigenvalue weighted by Crippen LogP contribution is -2.20. The highest BCUT2D eigenvalue weighted by Gasteiger charge is 2.15. The topological polar surface area (TPSA) is 87.2 Å². The Labute approximate surface area is 150 Å². The van der Waals surface area contributed by atoms with Crippen molar-refractivity contribution < 1.29 is 4.74 Å². The first-order valence-electron chi connectivity index (χ1n) is 7.82. The molecule has 0 saturated heterocycles. The number of benzene rings is 1. The lowest BCUT2D eigenvalue weighted by Gasteiger charge is -2.06. The summed E-state index contributed by atoms with van der Waals surface area (Å²) in [7, 11) is 1.62. The van der Waals surface area contributed by atoms with Gasteiger partial charge in [0.05, 0.1) is 33.9 Å². The van der Waals surface area contributed by atoms with Gasteiger partial charge in [0.15, 0.2) is 5.13 Å². The first-order chi connectivity index (χ1) is 12.7. The average Bonchev–Trinajstić information content (AvgIpc) is 3.27. The second-order valence-corrected chi connectivity index (χ2v) is 6.76. The highest BCUT2D eigenvalue weighted by molar-refractivity contribution is 7.20. The molecule has 0 aliphatic carbocycles. The number of pyridine rings is 1. The first-order valence-corrected chi connectivity index (χ1v) is 8.64. The Morgan fingerprint density at radius 1 is 1.19 bits per heavy atom. The summed E-state index contributed by atoms with van der Waals surface area (Å²) in [6.07, 6.45) is 3.13. The van der Waals surface area contributed by atoms with E-state index in [4.69, 9.17) is 4.74 Å². The number of rotatable bonds is 2. The molecule has 0 saturated carbocycles. The van der Waals surface area contributed by atoms with E-state index >= 15 is 0 Å². The maximum Gasteiger partial charge on any atom is 0.268 e. The standard InChI is InChI=1S/C17H12N6O2S/c1-9-14-12(23-16(20-9)18-8-19-23)5-6-22(15(14)24)17-21-11-4-3-10(25-2)7-13(11)26-17/h3-8H,1-2H3. The quantitative estimate of drug-likeness (QED) is 0.478. The molecule has 0 bridgehead atoms. The lowest BCUT2D eigenvalue weighted by atomic mass is 10.2. The molecule has 128 valence electrons. The Morgan fingerprint density at radius 2 is 2.08 bits per heavy atom. The minimum absolute atomic E-state index is 0.184. The second kappa shape index (κ2) is 5.33. The van der Waals surface area contributed by atoms with Crippen molar-refractivity contribution in [3.05, 3.63) is 52.8 Å². The van der Waals surface area contributed by atoms with Gasteiger partial charge >= 0.3 is 0 Å². The summed E-state index contributed by atoms with van der Waals surface area (Å²) in [5.74, 6) is 1.23. The molecule has 9 heteroatoms. The van der Waals surface area contributed by atoms with E-state index in [1.54, 1.807) is 24.7 Å². The van der Waals surface area contributed by atoms with Crippen LogP contribution in [-0.4, -0.2) is 36.2 Å². The van der Waals surface area contributed by atoms with E-state index in [0.717, 1.165) is 16.0 Å². The Kier molecular flexibility index (Phi) is 3.07. The number of aromatic nitrogens is 6. The van der Waals surface area contributed by atoms with Gasteiger partial charge in [-0.3, -0.25) is 9.36 Å². The number of nitrogens with zero attached hydrogens (tertiary/aromatic N) is 6. The van der Waals surface area contributed by atoms with Crippen molar-refractivity contribution in [1.82, 2.24) is 29.1 Å². The third-order valence-electron chi connectivity index (χ3n) is 4.25. The van der Waals surface area contributed by atoms with Crippen molar-refractivity contribution in [1.29, 1.82) is 0 Å². The predicted octanol–water partition coefficient (Wildman–Crippen LogP) is 2.36. The molecule has 0 spiro atoms. The fourth-order valence-electron chi connectivity index (χ4n) is 3.00. The van der Waals surface area contributed by atoms with Crippen molar-refractivity contribution in [2.45, 2.75) is 6.92 Å². The van der Waals surface area contributed by atoms with Crippen LogP contribution in [0.2, 0.25) is 0 Å². The summed E-state index contributed by atoms with van der Waals surface area (Å²) in [5.41, 5.74) is 1.92. The first kappa shape index (κ1) is 15.0. The van der Waals surface area contributed by atoms with Gasteiger partial charge in [-0.15, -0.1) is 0 Å². The summed E-state index contributed by atoms with van der Waals surface area (Å²) in [5, 5.41) is 5.25. The second-order valence-electron chi connectivity index (χ2n) is 5.75. The van der Waals surface area contributed by atoms with Crippen molar-refractivity contribution in [2.75, 3.05) is 7.11 Å². The van der Waals surface area contributed by atoms with Crippen molar-refractivity contribution in [3.63, 3.8) is 0 Å². The highest BCUT2D eigenvalue weighted by atomic mass is 32.1. The van der Waals surface area contributed by atoms with Crippen LogP contribution in [0, 0.1) is 6.92 Å². The van der Waals surface area contributed by atoms with Gasteiger partial charge in [0.25, 0.3) is 11.3 Å². The number of methoxy groups -OCH3 is 1. The largest absolute Gasteiger partial charge is 0.497 e. The SMILES string of the molecule is COc1ccc2nc(-n3ccc4c(c(C)nc5ncnn54)c3=O)sc2c1. The van der Waals surface area contributed by atoms with E-state index in [1.807, 2.05) is 24.3 Å². The van der Waals surface area contributed by atoms with Crippen molar-refractivity contribution in [3.8, 4) is 10.9 Å². The van der Waals surface area contributed by atoms with Crippen molar-refractivity contribution >= 4 is 38.2 Å². The molecule has 0 atom stereocenters. The summed E-state index contributed by atoms with van der Waals surface area (Å²) < 4.78 is 9.31. The number of thiazole rings is 1. The summed E-state index contributed by atoms with van der Waals surface area (Å²) >= 11 is 1.43. The molecule has 0 aliphatic heterocycles. The molecule has 0 amide bonds. The smallest absolute Gasteiger partial charge is 0.268 e. The van der Waals surface area contributed by atoms with Crippen LogP contribution in [0.15, 0.2) is 41.6 Å². The zero-order valence-corrected chi connectivity index (χ0v) is 14.7. The summed E-state index contributed by atoms with van der Waals surface area (Å²) in [4.78, 5) is 26.2. The van der Waals surface area contributed by atoms with E-state index in [2.05, 4.69) is 20.1 Å². The van der Waals surface area contributed by atoms with Crippen LogP contribution in [0.1, 0.15) is 5.69 Å². The zero-order chi connectivity index (χ0) is 17.8. The number of hydrogen-bond donors (Lipinski definition) is 0. The minimum Gasteiger partial charge on any atom is -0.497 e. The monoisotopic (exact) mass is 364 g/mol. The van der Waals surface area contributed by atoms with Crippen LogP contribution < -0.4 is 10.3 Å². The average molecular weight is 364 g/mol. The molecular weight excluding hydrogens is 352 g/mol. The maximum atomic E-state index is 13.1. The van der Waals surface area contributed by atoms with Gasteiger partial charge in [-0.05, 0) is 31.2 Å². The van der Waals surface area contributed by atoms with E-state index in [9.17, 15) is 4.79 Å². The van der Waals surface area contributed by atoms with Crippen LogP contribution in [0.25, 0.3) is 32.0 Å². The number of aryl methyl sites for hydroxylation is 1. The van der Waals surface area contributed by atoms with E-state index in [0.29, 0.717) is 27.5 Å².